The highest BCUT2D eigenvalue weighted by Gasteiger charge is 2.22. The van der Waals surface area contributed by atoms with Crippen LogP contribution in [-0.4, -0.2) is 48.5 Å². The van der Waals surface area contributed by atoms with Crippen LogP contribution in [-0.2, 0) is 11.3 Å². The van der Waals surface area contributed by atoms with E-state index in [1.807, 2.05) is 12.1 Å². The van der Waals surface area contributed by atoms with Crippen molar-refractivity contribution in [3.63, 3.8) is 0 Å². The van der Waals surface area contributed by atoms with E-state index in [9.17, 15) is 14.4 Å². The number of likely N-dealkylation sites (tertiary alicyclic amines) is 1. The van der Waals surface area contributed by atoms with Crippen molar-refractivity contribution in [2.75, 3.05) is 27.3 Å². The molecule has 1 amide bonds. The average Bonchev–Trinajstić information content (AvgIpc) is 3.18. The molecule has 0 unspecified atom stereocenters. The number of hydrogen-bond acceptors (Lipinski definition) is 6. The molecule has 0 spiro atoms. The molecule has 0 bridgehead atoms. The molecule has 0 N–H and O–H groups in total. The molecule has 0 atom stereocenters. The van der Waals surface area contributed by atoms with Gasteiger partial charge in [-0.25, -0.2) is 0 Å². The van der Waals surface area contributed by atoms with Crippen molar-refractivity contribution in [3.05, 3.63) is 78.2 Å². The molecule has 0 aliphatic carbocycles. The van der Waals surface area contributed by atoms with Crippen LogP contribution >= 0.6 is 22.9 Å². The normalized spacial score (nSPS) is 15.2. The van der Waals surface area contributed by atoms with Crippen molar-refractivity contribution in [1.29, 1.82) is 0 Å². The average molecular weight is 541 g/mol. The summed E-state index contributed by atoms with van der Waals surface area (Å²) in [6.45, 7) is 3.39. The van der Waals surface area contributed by atoms with Crippen molar-refractivity contribution in [3.8, 4) is 11.5 Å². The Balaban J connectivity index is 1.77. The number of halogens is 1. The van der Waals surface area contributed by atoms with Gasteiger partial charge in [0.15, 0.2) is 5.78 Å². The predicted octanol–water partition coefficient (Wildman–Crippen LogP) is 3.33. The Bertz CT molecular complexity index is 1450. The highest BCUT2D eigenvalue weighted by atomic mass is 35.5. The zero-order valence-electron chi connectivity index (χ0n) is 21.0. The quantitative estimate of drug-likeness (QED) is 0.430. The largest absolute Gasteiger partial charge is 0.497 e. The van der Waals surface area contributed by atoms with E-state index < -0.39 is 0 Å². The van der Waals surface area contributed by atoms with E-state index in [0.717, 1.165) is 18.4 Å². The fourth-order valence-electron chi connectivity index (χ4n) is 4.14. The minimum atomic E-state index is -0.329. The van der Waals surface area contributed by atoms with Crippen LogP contribution < -0.4 is 24.2 Å². The summed E-state index contributed by atoms with van der Waals surface area (Å²) in [4.78, 5) is 41.6. The summed E-state index contributed by atoms with van der Waals surface area (Å²) in [6, 6.07) is 12.0. The molecule has 194 valence electrons. The van der Waals surface area contributed by atoms with Crippen molar-refractivity contribution in [2.45, 2.75) is 26.3 Å². The van der Waals surface area contributed by atoms with Gasteiger partial charge in [0.2, 0.25) is 5.91 Å². The molecule has 1 aliphatic heterocycles. The standard InChI is InChI=1S/C28H29ClN2O5S/c1-18-8-10-30(11-9-18)26(33)17-31-27(16-24(32)20-13-22(35-2)15-23(14-20)36-3)37-25(28(31)34)12-19-4-6-21(29)7-5-19/h4-7,12-16,18H,8-11,17H2,1-3H3/b25-12-,27-16-. The first kappa shape index (κ1) is 26.7. The van der Waals surface area contributed by atoms with Gasteiger partial charge >= 0.3 is 0 Å². The Kier molecular flexibility index (Phi) is 8.51. The summed E-state index contributed by atoms with van der Waals surface area (Å²) >= 11 is 7.16. The second-order valence-corrected chi connectivity index (χ2v) is 10.6. The third kappa shape index (κ3) is 6.50. The van der Waals surface area contributed by atoms with Crippen molar-refractivity contribution in [2.24, 2.45) is 5.92 Å². The summed E-state index contributed by atoms with van der Waals surface area (Å²) in [5, 5.41) is 0.593. The number of benzene rings is 2. The summed E-state index contributed by atoms with van der Waals surface area (Å²) in [5.41, 5.74) is 0.825. The predicted molar refractivity (Wildman–Crippen MR) is 146 cm³/mol. The van der Waals surface area contributed by atoms with E-state index in [1.165, 1.54) is 36.2 Å². The van der Waals surface area contributed by atoms with E-state index in [1.54, 1.807) is 41.3 Å². The topological polar surface area (TPSA) is 77.8 Å². The number of amides is 1. The Morgan fingerprint density at radius 2 is 1.68 bits per heavy atom. The van der Waals surface area contributed by atoms with E-state index in [4.69, 9.17) is 21.1 Å². The number of carbonyl (C=O) groups is 2. The Morgan fingerprint density at radius 1 is 1.05 bits per heavy atom. The fraction of sp³-hybridized carbons (Fsp3) is 0.321. The maximum absolute atomic E-state index is 13.4. The van der Waals surface area contributed by atoms with Gasteiger partial charge in [-0.3, -0.25) is 19.0 Å². The van der Waals surface area contributed by atoms with Crippen molar-refractivity contribution < 1.29 is 19.1 Å². The molecule has 1 aliphatic rings. The first-order chi connectivity index (χ1) is 17.8. The van der Waals surface area contributed by atoms with Crippen LogP contribution in [0.2, 0.25) is 5.02 Å². The van der Waals surface area contributed by atoms with Gasteiger partial charge in [-0.2, -0.15) is 0 Å². The molecular weight excluding hydrogens is 512 g/mol. The molecule has 0 radical (unpaired) electrons. The molecular formula is C28H29ClN2O5S. The van der Waals surface area contributed by atoms with E-state index >= 15 is 0 Å². The summed E-state index contributed by atoms with van der Waals surface area (Å²) < 4.78 is 12.8. The molecule has 37 heavy (non-hydrogen) atoms. The highest BCUT2D eigenvalue weighted by molar-refractivity contribution is 7.07. The number of Topliss-reactive ketones (excluding diaryl/α,β-unsaturated/α-hetero) is 1. The fourth-order valence-corrected chi connectivity index (χ4v) is 5.31. The molecule has 9 heteroatoms. The molecule has 1 fully saturated rings. The lowest BCUT2D eigenvalue weighted by atomic mass is 9.99. The second-order valence-electron chi connectivity index (χ2n) is 9.06. The monoisotopic (exact) mass is 540 g/mol. The zero-order valence-corrected chi connectivity index (χ0v) is 22.6. The molecule has 7 nitrogen and oxygen atoms in total. The molecule has 1 aromatic heterocycles. The second kappa shape index (κ2) is 11.8. The summed E-state index contributed by atoms with van der Waals surface area (Å²) in [5.74, 6) is 1.08. The van der Waals surface area contributed by atoms with Gasteiger partial charge in [0.05, 0.1) is 18.8 Å². The smallest absolute Gasteiger partial charge is 0.269 e. The van der Waals surface area contributed by atoms with Crippen LogP contribution in [0.15, 0.2) is 47.3 Å². The van der Waals surface area contributed by atoms with Crippen LogP contribution in [0.1, 0.15) is 35.7 Å². The minimum Gasteiger partial charge on any atom is -0.497 e. The van der Waals surface area contributed by atoms with Crippen LogP contribution in [0.25, 0.3) is 12.2 Å². The van der Waals surface area contributed by atoms with Gasteiger partial charge in [-0.15, -0.1) is 11.3 Å². The molecule has 3 aromatic rings. The SMILES string of the molecule is COc1cc(OC)cc(C(=O)/C=c2\s/c(=C\c3ccc(Cl)cc3)c(=O)n2CC(=O)N2CCC(C)CC2)c1. The maximum Gasteiger partial charge on any atom is 0.269 e. The van der Waals surface area contributed by atoms with Crippen molar-refractivity contribution >= 4 is 46.8 Å². The van der Waals surface area contributed by atoms with Crippen LogP contribution in [0.5, 0.6) is 11.5 Å². The molecule has 2 aromatic carbocycles. The Hall–Kier alpha value is -3.36. The van der Waals surface area contributed by atoms with Gasteiger partial charge in [0.1, 0.15) is 22.7 Å². The Morgan fingerprint density at radius 3 is 2.27 bits per heavy atom. The number of methoxy groups -OCH3 is 2. The van der Waals surface area contributed by atoms with Crippen molar-refractivity contribution in [1.82, 2.24) is 9.47 Å². The first-order valence-corrected chi connectivity index (χ1v) is 13.2. The maximum atomic E-state index is 13.4. The number of piperidine rings is 1. The lowest BCUT2D eigenvalue weighted by Crippen LogP contribution is -2.43. The molecule has 0 saturated carbocycles. The number of rotatable bonds is 7. The van der Waals surface area contributed by atoms with Gasteiger partial charge in [-0.1, -0.05) is 30.7 Å². The van der Waals surface area contributed by atoms with E-state index in [0.29, 0.717) is 50.3 Å². The molecule has 2 heterocycles. The number of nitrogens with zero attached hydrogens (tertiary/aromatic N) is 2. The zero-order chi connectivity index (χ0) is 26.5. The van der Waals surface area contributed by atoms with Gasteiger partial charge in [0.25, 0.3) is 5.56 Å². The number of thiazole rings is 1. The third-order valence-electron chi connectivity index (χ3n) is 6.42. The van der Waals surface area contributed by atoms with E-state index in [2.05, 4.69) is 6.92 Å². The first-order valence-electron chi connectivity index (χ1n) is 12.0. The van der Waals surface area contributed by atoms with Gasteiger partial charge < -0.3 is 14.4 Å². The molecule has 1 saturated heterocycles. The number of ketones is 1. The Labute approximate surface area is 224 Å². The summed E-state index contributed by atoms with van der Waals surface area (Å²) in [7, 11) is 3.02. The van der Waals surface area contributed by atoms with E-state index in [-0.39, 0.29) is 23.8 Å². The molecule has 4 rings (SSSR count). The number of aromatic nitrogens is 1. The summed E-state index contributed by atoms with van der Waals surface area (Å²) in [6.07, 6.45) is 5.01. The minimum absolute atomic E-state index is 0.126. The number of ether oxygens (including phenoxy) is 2. The lowest BCUT2D eigenvalue weighted by Gasteiger charge is -2.30. The van der Waals surface area contributed by atoms with Gasteiger partial charge in [-0.05, 0) is 54.7 Å². The third-order valence-corrected chi connectivity index (χ3v) is 7.74. The van der Waals surface area contributed by atoms with Crippen LogP contribution in [0.4, 0.5) is 0 Å². The van der Waals surface area contributed by atoms with Gasteiger partial charge in [0, 0.05) is 35.8 Å². The lowest BCUT2D eigenvalue weighted by molar-refractivity contribution is -0.133. The number of carbonyl (C=O) groups excluding carboxylic acids is 2. The van der Waals surface area contributed by atoms with Crippen LogP contribution in [0, 0.1) is 5.92 Å². The highest BCUT2D eigenvalue weighted by Crippen LogP contribution is 2.23. The van der Waals surface area contributed by atoms with Crippen LogP contribution in [0.3, 0.4) is 0 Å². The number of hydrogen-bond donors (Lipinski definition) is 0.